The molecule has 0 aromatic heterocycles. The summed E-state index contributed by atoms with van der Waals surface area (Å²) in [6.07, 6.45) is -0.00832. The fourth-order valence-electron chi connectivity index (χ4n) is 2.44. The zero-order valence-electron chi connectivity index (χ0n) is 10.8. The highest BCUT2D eigenvalue weighted by molar-refractivity contribution is 9.09. The molecule has 0 N–H and O–H groups in total. The number of hydrogen-bond donors (Lipinski definition) is 0. The number of alkyl halides is 1. The molecule has 2 aromatic rings. The summed E-state index contributed by atoms with van der Waals surface area (Å²) in [7, 11) is 0. The van der Waals surface area contributed by atoms with Gasteiger partial charge in [0, 0.05) is 21.0 Å². The van der Waals surface area contributed by atoms with E-state index in [-0.39, 0.29) is 6.10 Å². The monoisotopic (exact) mass is 368 g/mol. The summed E-state index contributed by atoms with van der Waals surface area (Å²) in [6.45, 7) is 0.686. The second-order valence-corrected chi connectivity index (χ2v) is 6.86. The van der Waals surface area contributed by atoms with Crippen molar-refractivity contribution < 1.29 is 4.74 Å². The molecule has 1 nitrogen and oxygen atoms in total. The maximum atomic E-state index is 6.13. The summed E-state index contributed by atoms with van der Waals surface area (Å²) >= 11 is 11.4. The summed E-state index contributed by atoms with van der Waals surface area (Å²) in [5, 5.41) is 1.61. The molecule has 0 bridgehead atoms. The Morgan fingerprint density at radius 3 is 2.90 bits per heavy atom. The lowest BCUT2D eigenvalue weighted by Gasteiger charge is -2.20. The predicted octanol–water partition coefficient (Wildman–Crippen LogP) is 5.45. The summed E-state index contributed by atoms with van der Waals surface area (Å²) in [5.41, 5.74) is 3.82. The van der Waals surface area contributed by atoms with Gasteiger partial charge in [0.15, 0.2) is 0 Å². The van der Waals surface area contributed by atoms with Crippen LogP contribution in [0.4, 0.5) is 0 Å². The van der Waals surface area contributed by atoms with E-state index in [9.17, 15) is 0 Å². The Hall–Kier alpha value is -0.480. The van der Waals surface area contributed by atoms with E-state index < -0.39 is 0 Å². The van der Waals surface area contributed by atoms with Crippen LogP contribution in [0.25, 0.3) is 0 Å². The SMILES string of the molecule is Clc1ccc2c(c1)SCc1ccccc1C2OCCBr. The summed E-state index contributed by atoms with van der Waals surface area (Å²) in [4.78, 5) is 1.22. The van der Waals surface area contributed by atoms with E-state index in [1.54, 1.807) is 0 Å². The maximum Gasteiger partial charge on any atom is 0.109 e. The van der Waals surface area contributed by atoms with Crippen molar-refractivity contribution in [1.29, 1.82) is 0 Å². The molecule has 1 aliphatic rings. The topological polar surface area (TPSA) is 9.23 Å². The number of rotatable bonds is 3. The van der Waals surface area contributed by atoms with Crippen LogP contribution in [0.15, 0.2) is 47.4 Å². The maximum absolute atomic E-state index is 6.13. The molecule has 0 saturated carbocycles. The predicted molar refractivity (Wildman–Crippen MR) is 89.0 cm³/mol. The van der Waals surface area contributed by atoms with Crippen LogP contribution >= 0.6 is 39.3 Å². The molecule has 0 saturated heterocycles. The molecular formula is C16H14BrClOS. The van der Waals surface area contributed by atoms with E-state index in [2.05, 4.69) is 46.3 Å². The third-order valence-electron chi connectivity index (χ3n) is 3.34. The van der Waals surface area contributed by atoms with Crippen molar-refractivity contribution in [2.24, 2.45) is 0 Å². The number of fused-ring (bicyclic) bond motifs is 2. The van der Waals surface area contributed by atoms with Gasteiger partial charge in [0.1, 0.15) is 6.10 Å². The van der Waals surface area contributed by atoms with Crippen molar-refractivity contribution in [2.75, 3.05) is 11.9 Å². The summed E-state index contributed by atoms with van der Waals surface area (Å²) in [5.74, 6) is 0.956. The molecule has 1 aliphatic heterocycles. The van der Waals surface area contributed by atoms with E-state index >= 15 is 0 Å². The van der Waals surface area contributed by atoms with Gasteiger partial charge >= 0.3 is 0 Å². The highest BCUT2D eigenvalue weighted by Gasteiger charge is 2.24. The molecular weight excluding hydrogens is 356 g/mol. The van der Waals surface area contributed by atoms with Gasteiger partial charge in [-0.05, 0) is 28.8 Å². The van der Waals surface area contributed by atoms with E-state index in [4.69, 9.17) is 16.3 Å². The average molecular weight is 370 g/mol. The number of hydrogen-bond acceptors (Lipinski definition) is 2. The second-order valence-electron chi connectivity index (χ2n) is 4.61. The van der Waals surface area contributed by atoms with Crippen LogP contribution in [-0.2, 0) is 10.5 Å². The molecule has 1 unspecified atom stereocenters. The number of halogens is 2. The number of ether oxygens (including phenoxy) is 1. The minimum Gasteiger partial charge on any atom is -0.368 e. The van der Waals surface area contributed by atoms with Crippen molar-refractivity contribution in [2.45, 2.75) is 16.8 Å². The lowest BCUT2D eigenvalue weighted by atomic mass is 9.97. The lowest BCUT2D eigenvalue weighted by molar-refractivity contribution is 0.0921. The van der Waals surface area contributed by atoms with Gasteiger partial charge in [0.2, 0.25) is 0 Å². The zero-order chi connectivity index (χ0) is 13.9. The summed E-state index contributed by atoms with van der Waals surface area (Å²) in [6, 6.07) is 14.6. The molecule has 0 fully saturated rings. The van der Waals surface area contributed by atoms with Crippen LogP contribution in [0.3, 0.4) is 0 Å². The molecule has 20 heavy (non-hydrogen) atoms. The first-order chi connectivity index (χ1) is 9.79. The minimum atomic E-state index is -0.00832. The molecule has 1 atom stereocenters. The smallest absolute Gasteiger partial charge is 0.109 e. The quantitative estimate of drug-likeness (QED) is 0.666. The Morgan fingerprint density at radius 2 is 2.05 bits per heavy atom. The normalized spacial score (nSPS) is 17.2. The fraction of sp³-hybridized carbons (Fsp3) is 0.250. The largest absolute Gasteiger partial charge is 0.368 e. The van der Waals surface area contributed by atoms with E-state index in [0.717, 1.165) is 16.1 Å². The van der Waals surface area contributed by atoms with Crippen LogP contribution < -0.4 is 0 Å². The molecule has 0 radical (unpaired) electrons. The third-order valence-corrected chi connectivity index (χ3v) is 5.02. The molecule has 104 valence electrons. The Bertz CT molecular complexity index is 617. The Kier molecular flexibility index (Phi) is 4.72. The fourth-order valence-corrected chi connectivity index (χ4v) is 3.99. The van der Waals surface area contributed by atoms with Crippen molar-refractivity contribution in [1.82, 2.24) is 0 Å². The van der Waals surface area contributed by atoms with Gasteiger partial charge in [0.25, 0.3) is 0 Å². The van der Waals surface area contributed by atoms with Crippen LogP contribution in [0, 0.1) is 0 Å². The second kappa shape index (κ2) is 6.52. The lowest BCUT2D eigenvalue weighted by Crippen LogP contribution is -2.09. The van der Waals surface area contributed by atoms with Crippen LogP contribution in [0.2, 0.25) is 5.02 Å². The van der Waals surface area contributed by atoms with Gasteiger partial charge in [-0.1, -0.05) is 57.9 Å². The van der Waals surface area contributed by atoms with Crippen LogP contribution in [-0.4, -0.2) is 11.9 Å². The van der Waals surface area contributed by atoms with Gasteiger partial charge in [-0.25, -0.2) is 0 Å². The standard InChI is InChI=1S/C16H14BrClOS/c17-7-8-19-16-13-4-2-1-3-11(13)10-20-15-9-12(18)5-6-14(15)16/h1-6,9,16H,7-8,10H2. The molecule has 0 spiro atoms. The van der Waals surface area contributed by atoms with E-state index in [1.165, 1.54) is 21.6 Å². The Balaban J connectivity index is 2.09. The number of thioether (sulfide) groups is 1. The van der Waals surface area contributed by atoms with Gasteiger partial charge in [0.05, 0.1) is 6.61 Å². The van der Waals surface area contributed by atoms with Crippen molar-refractivity contribution >= 4 is 39.3 Å². The van der Waals surface area contributed by atoms with E-state index in [1.807, 2.05) is 23.9 Å². The van der Waals surface area contributed by atoms with Crippen molar-refractivity contribution in [3.05, 3.63) is 64.2 Å². The first-order valence-corrected chi connectivity index (χ1v) is 8.95. The minimum absolute atomic E-state index is 0.00832. The van der Waals surface area contributed by atoms with E-state index in [0.29, 0.717) is 6.61 Å². The highest BCUT2D eigenvalue weighted by atomic mass is 79.9. The zero-order valence-corrected chi connectivity index (χ0v) is 14.0. The molecule has 1 heterocycles. The average Bonchev–Trinajstić information content (AvgIpc) is 2.62. The highest BCUT2D eigenvalue weighted by Crippen LogP contribution is 2.42. The van der Waals surface area contributed by atoms with Crippen molar-refractivity contribution in [3.8, 4) is 0 Å². The molecule has 3 rings (SSSR count). The Morgan fingerprint density at radius 1 is 1.20 bits per heavy atom. The molecule has 4 heteroatoms. The van der Waals surface area contributed by atoms with Gasteiger partial charge < -0.3 is 4.74 Å². The van der Waals surface area contributed by atoms with Gasteiger partial charge in [-0.3, -0.25) is 0 Å². The van der Waals surface area contributed by atoms with Gasteiger partial charge in [-0.2, -0.15) is 0 Å². The van der Waals surface area contributed by atoms with Crippen LogP contribution in [0.1, 0.15) is 22.8 Å². The van der Waals surface area contributed by atoms with Crippen molar-refractivity contribution in [3.63, 3.8) is 0 Å². The number of benzene rings is 2. The Labute approximate surface area is 136 Å². The molecule has 0 amide bonds. The van der Waals surface area contributed by atoms with Gasteiger partial charge in [-0.15, -0.1) is 11.8 Å². The molecule has 2 aromatic carbocycles. The first kappa shape index (κ1) is 14.5. The summed E-state index contributed by atoms with van der Waals surface area (Å²) < 4.78 is 6.10. The van der Waals surface area contributed by atoms with Crippen LogP contribution in [0.5, 0.6) is 0 Å². The molecule has 0 aliphatic carbocycles. The first-order valence-electron chi connectivity index (χ1n) is 6.47. The third kappa shape index (κ3) is 2.91.